The molecule has 2 heterocycles. The van der Waals surface area contributed by atoms with Crippen molar-refractivity contribution in [2.75, 3.05) is 6.54 Å². The largest absolute Gasteiger partial charge is 1.00 e. The number of hydrogen-bond donors (Lipinski definition) is 2. The van der Waals surface area contributed by atoms with Gasteiger partial charge in [0.15, 0.2) is 5.78 Å². The zero-order chi connectivity index (χ0) is 15.7. The second-order valence-electron chi connectivity index (χ2n) is 4.95. The molecular formula is C13H15N2NaO5S. The number of nitrogens with zero attached hydrogens (tertiary/aromatic N) is 1. The maximum absolute atomic E-state index is 12.3. The van der Waals surface area contributed by atoms with Crippen LogP contribution in [0.3, 0.4) is 0 Å². The molecule has 2 aliphatic heterocycles. The standard InChI is InChI=1S/C13H16N2O5S.Na/c1-6(16)8-5-15-9(8)11(18)12(10(15)13(19)20)21-4-3-14-7(2)17;/h3-4,6,8-9,16H,5H2,1-2H3,(H,14,17)(H,19,20);/q;+1/p-1/b4-3+;. The number of carboxylic acids is 1. The summed E-state index contributed by atoms with van der Waals surface area (Å²) < 4.78 is 0. The van der Waals surface area contributed by atoms with Crippen LogP contribution in [0.4, 0.5) is 0 Å². The molecule has 0 spiro atoms. The van der Waals surface area contributed by atoms with Crippen LogP contribution in [0.25, 0.3) is 0 Å². The summed E-state index contributed by atoms with van der Waals surface area (Å²) in [4.78, 5) is 35.8. The Balaban J connectivity index is 0.00000242. The van der Waals surface area contributed by atoms with Crippen LogP contribution in [-0.2, 0) is 14.4 Å². The summed E-state index contributed by atoms with van der Waals surface area (Å²) in [5.74, 6) is -2.28. The normalized spacial score (nSPS) is 24.7. The molecule has 1 amide bonds. The summed E-state index contributed by atoms with van der Waals surface area (Å²) in [5, 5.41) is 24.7. The van der Waals surface area contributed by atoms with Crippen LogP contribution < -0.4 is 40.0 Å². The third-order valence-electron chi connectivity index (χ3n) is 3.50. The molecule has 114 valence electrons. The van der Waals surface area contributed by atoms with E-state index in [1.165, 1.54) is 23.4 Å². The Kier molecular flexibility index (Phi) is 6.69. The summed E-state index contributed by atoms with van der Waals surface area (Å²) in [6.45, 7) is 3.23. The molecule has 3 atom stereocenters. The van der Waals surface area contributed by atoms with Crippen molar-refractivity contribution in [3.05, 3.63) is 22.2 Å². The summed E-state index contributed by atoms with van der Waals surface area (Å²) in [6.07, 6.45) is 0.652. The number of Topliss-reactive ketones (excluding diaryl/α,β-unsaturated/α-hetero) is 1. The van der Waals surface area contributed by atoms with Crippen molar-refractivity contribution in [1.29, 1.82) is 0 Å². The molecule has 0 aromatic rings. The van der Waals surface area contributed by atoms with Crippen molar-refractivity contribution in [3.63, 3.8) is 0 Å². The van der Waals surface area contributed by atoms with Crippen LogP contribution in [-0.4, -0.2) is 46.4 Å². The molecule has 2 aliphatic rings. The SMILES string of the molecule is CC(=O)N/C=C/SC1=C(C(=O)[O-])N2CC(C(C)O)C2C1=O.[Na+]. The fourth-order valence-electron chi connectivity index (χ4n) is 2.48. The van der Waals surface area contributed by atoms with Gasteiger partial charge >= 0.3 is 29.6 Å². The number of thioether (sulfide) groups is 1. The van der Waals surface area contributed by atoms with Gasteiger partial charge in [0.05, 0.1) is 22.7 Å². The number of amides is 1. The number of carbonyl (C=O) groups is 3. The van der Waals surface area contributed by atoms with Crippen LogP contribution >= 0.6 is 11.8 Å². The molecule has 0 radical (unpaired) electrons. The number of hydrogen-bond acceptors (Lipinski definition) is 7. The number of rotatable bonds is 5. The fourth-order valence-corrected chi connectivity index (χ4v) is 3.30. The molecule has 1 fully saturated rings. The third-order valence-corrected chi connectivity index (χ3v) is 4.40. The first kappa shape index (κ1) is 19.2. The number of ketones is 1. The second-order valence-corrected chi connectivity index (χ2v) is 5.87. The molecular weight excluding hydrogens is 319 g/mol. The predicted octanol–water partition coefficient (Wildman–Crippen LogP) is -4.44. The van der Waals surface area contributed by atoms with Crippen LogP contribution in [0.2, 0.25) is 0 Å². The molecule has 2 N–H and O–H groups in total. The van der Waals surface area contributed by atoms with Gasteiger partial charge in [-0.15, -0.1) is 0 Å². The van der Waals surface area contributed by atoms with Gasteiger partial charge in [0.25, 0.3) is 0 Å². The van der Waals surface area contributed by atoms with Crippen LogP contribution in [0.1, 0.15) is 13.8 Å². The molecule has 9 heteroatoms. The van der Waals surface area contributed by atoms with Gasteiger partial charge in [0.1, 0.15) is 6.04 Å². The van der Waals surface area contributed by atoms with Gasteiger partial charge in [-0.3, -0.25) is 9.59 Å². The molecule has 0 saturated carbocycles. The van der Waals surface area contributed by atoms with Crippen molar-refractivity contribution >= 4 is 29.4 Å². The zero-order valence-corrected chi connectivity index (χ0v) is 15.3. The number of carbonyl (C=O) groups excluding carboxylic acids is 3. The minimum atomic E-state index is -1.41. The molecule has 1 saturated heterocycles. The van der Waals surface area contributed by atoms with Gasteiger partial charge in [-0.1, -0.05) is 11.8 Å². The summed E-state index contributed by atoms with van der Waals surface area (Å²) in [7, 11) is 0. The molecule has 0 aliphatic carbocycles. The zero-order valence-electron chi connectivity index (χ0n) is 12.5. The average Bonchev–Trinajstić information content (AvgIpc) is 2.53. The van der Waals surface area contributed by atoms with E-state index in [1.807, 2.05) is 0 Å². The Morgan fingerprint density at radius 3 is 2.68 bits per heavy atom. The van der Waals surface area contributed by atoms with Gasteiger partial charge in [-0.05, 0) is 12.3 Å². The predicted molar refractivity (Wildman–Crippen MR) is 73.3 cm³/mol. The van der Waals surface area contributed by atoms with E-state index in [0.717, 1.165) is 11.8 Å². The van der Waals surface area contributed by atoms with E-state index in [-0.39, 0.29) is 57.8 Å². The molecule has 0 bridgehead atoms. The van der Waals surface area contributed by atoms with E-state index in [2.05, 4.69) is 5.32 Å². The number of aliphatic hydroxyl groups is 1. The van der Waals surface area contributed by atoms with Crippen LogP contribution in [0, 0.1) is 5.92 Å². The van der Waals surface area contributed by atoms with Gasteiger partial charge in [0, 0.05) is 25.6 Å². The average molecular weight is 334 g/mol. The Morgan fingerprint density at radius 1 is 1.55 bits per heavy atom. The quantitative estimate of drug-likeness (QED) is 0.488. The van der Waals surface area contributed by atoms with E-state index in [4.69, 9.17) is 0 Å². The Morgan fingerprint density at radius 2 is 2.18 bits per heavy atom. The Hall–Kier alpha value is -0.800. The maximum atomic E-state index is 12.3. The smallest absolute Gasteiger partial charge is 0.543 e. The molecule has 2 rings (SSSR count). The first-order valence-corrected chi connectivity index (χ1v) is 7.26. The topological polar surface area (TPSA) is 110 Å². The number of nitrogens with one attached hydrogen (secondary N) is 1. The minimum absolute atomic E-state index is 0. The monoisotopic (exact) mass is 334 g/mol. The summed E-state index contributed by atoms with van der Waals surface area (Å²) >= 11 is 0.922. The summed E-state index contributed by atoms with van der Waals surface area (Å²) in [5.41, 5.74) is -0.139. The van der Waals surface area contributed by atoms with E-state index < -0.39 is 18.1 Å². The van der Waals surface area contributed by atoms with Crippen molar-refractivity contribution in [2.45, 2.75) is 26.0 Å². The fraction of sp³-hybridized carbons (Fsp3) is 0.462. The molecule has 3 unspecified atom stereocenters. The molecule has 22 heavy (non-hydrogen) atoms. The maximum Gasteiger partial charge on any atom is 1.00 e. The van der Waals surface area contributed by atoms with Gasteiger partial charge in [-0.2, -0.15) is 0 Å². The molecule has 0 aromatic carbocycles. The minimum Gasteiger partial charge on any atom is -0.543 e. The second kappa shape index (κ2) is 7.65. The van der Waals surface area contributed by atoms with E-state index in [9.17, 15) is 24.6 Å². The Bertz CT molecular complexity index is 561. The van der Waals surface area contributed by atoms with Gasteiger partial charge in [-0.25, -0.2) is 0 Å². The molecule has 0 aromatic heterocycles. The summed E-state index contributed by atoms with van der Waals surface area (Å²) in [6, 6.07) is -0.630. The number of fused-ring (bicyclic) bond motifs is 1. The third kappa shape index (κ3) is 3.57. The van der Waals surface area contributed by atoms with Crippen LogP contribution in [0.15, 0.2) is 22.2 Å². The number of aliphatic hydroxyl groups excluding tert-OH is 1. The van der Waals surface area contributed by atoms with E-state index in [1.54, 1.807) is 6.92 Å². The number of carboxylic acid groups (broad SMARTS) is 1. The number of aliphatic carboxylic acids is 1. The van der Waals surface area contributed by atoms with Crippen molar-refractivity contribution in [3.8, 4) is 0 Å². The van der Waals surface area contributed by atoms with E-state index in [0.29, 0.717) is 6.54 Å². The first-order valence-electron chi connectivity index (χ1n) is 6.38. The van der Waals surface area contributed by atoms with Crippen molar-refractivity contribution in [2.24, 2.45) is 5.92 Å². The van der Waals surface area contributed by atoms with Crippen molar-refractivity contribution < 1.29 is 54.2 Å². The first-order chi connectivity index (χ1) is 9.84. The van der Waals surface area contributed by atoms with E-state index >= 15 is 0 Å². The molecule has 7 nitrogen and oxygen atoms in total. The van der Waals surface area contributed by atoms with Gasteiger partial charge in [0.2, 0.25) is 5.91 Å². The van der Waals surface area contributed by atoms with Crippen LogP contribution in [0.5, 0.6) is 0 Å². The Labute approximate surface area is 154 Å². The van der Waals surface area contributed by atoms with Crippen molar-refractivity contribution in [1.82, 2.24) is 10.2 Å². The van der Waals surface area contributed by atoms with Gasteiger partial charge < -0.3 is 25.2 Å².